The van der Waals surface area contributed by atoms with E-state index in [1.807, 2.05) is 12.1 Å². The number of hydrogen-bond donors (Lipinski definition) is 2. The van der Waals surface area contributed by atoms with Gasteiger partial charge < -0.3 is 11.1 Å². The molecule has 8 atom stereocenters. The topological polar surface area (TPSA) is 41.3 Å². The van der Waals surface area contributed by atoms with E-state index in [1.54, 1.807) is 12.8 Å². The number of benzene rings is 1. The van der Waals surface area contributed by atoms with Gasteiger partial charge in [-0.3, -0.25) is 4.90 Å². The van der Waals surface area contributed by atoms with Gasteiger partial charge in [0.1, 0.15) is 0 Å². The molecule has 0 radical (unpaired) electrons. The average Bonchev–Trinajstić information content (AvgIpc) is 2.58. The number of fused-ring (bicyclic) bond motifs is 2. The van der Waals surface area contributed by atoms with Gasteiger partial charge in [-0.05, 0) is 87.2 Å². The molecule has 3 heteroatoms. The molecule has 5 fully saturated rings. The van der Waals surface area contributed by atoms with Gasteiger partial charge in [-0.1, -0.05) is 18.6 Å². The summed E-state index contributed by atoms with van der Waals surface area (Å²) in [6, 6.07) is 11.4. The first kappa shape index (κ1) is 15.8. The van der Waals surface area contributed by atoms with Crippen LogP contribution in [0.15, 0.2) is 24.3 Å². The number of hydrogen-bond acceptors (Lipinski definition) is 3. The Morgan fingerprint density at radius 2 is 1.46 bits per heavy atom. The van der Waals surface area contributed by atoms with Crippen LogP contribution >= 0.6 is 0 Å². The highest BCUT2D eigenvalue weighted by Gasteiger charge is 2.58. The third-order valence-corrected chi connectivity index (χ3v) is 8.77. The van der Waals surface area contributed by atoms with Gasteiger partial charge in [-0.25, -0.2) is 0 Å². The number of rotatable bonds is 3. The van der Waals surface area contributed by atoms with Crippen molar-refractivity contribution >= 4 is 11.4 Å². The minimum Gasteiger partial charge on any atom is -0.397 e. The summed E-state index contributed by atoms with van der Waals surface area (Å²) in [5.74, 6) is 4.50. The Labute approximate surface area is 157 Å². The lowest BCUT2D eigenvalue weighted by molar-refractivity contribution is -0.157. The molecular weight excluding hydrogens is 318 g/mol. The van der Waals surface area contributed by atoms with E-state index in [1.165, 1.54) is 44.9 Å². The first-order valence-electron chi connectivity index (χ1n) is 11.1. The van der Waals surface area contributed by atoms with Gasteiger partial charge in [-0.15, -0.1) is 0 Å². The molecule has 0 amide bonds. The molecule has 140 valence electrons. The molecule has 26 heavy (non-hydrogen) atoms. The Morgan fingerprint density at radius 3 is 2.12 bits per heavy atom. The molecule has 6 rings (SSSR count). The number of nitrogens with two attached hydrogens (primary N) is 1. The number of nitrogens with one attached hydrogen (secondary N) is 1. The van der Waals surface area contributed by atoms with Crippen molar-refractivity contribution in [2.45, 2.75) is 82.0 Å². The molecule has 3 aliphatic carbocycles. The molecule has 2 aliphatic heterocycles. The second kappa shape index (κ2) is 5.89. The standard InChI is InChI=1S/C23H33N3/c24-21-6-1-2-7-22(21)25-17-12-18-4-3-5-19(13-17)26(18)20-10-15-8-14-9-16(11-20)23(14)15/h1-2,6-7,14-20,23,25H,3-5,8-13,24H2/t14-,15+,16-,17-,18+,19-,20+,23?. The largest absolute Gasteiger partial charge is 0.397 e. The lowest BCUT2D eigenvalue weighted by Gasteiger charge is -2.66. The SMILES string of the molecule is Nc1ccccc1N[C@H]1C[C@H]2CCC[C@@H](C1)N2[C@@H]1C[C@H]2C[C@H]3C[C@@H](C1)C32. The summed E-state index contributed by atoms with van der Waals surface area (Å²) in [7, 11) is 0. The van der Waals surface area contributed by atoms with E-state index in [0.717, 1.165) is 53.2 Å². The van der Waals surface area contributed by atoms with Crippen LogP contribution in [0.5, 0.6) is 0 Å². The third-order valence-electron chi connectivity index (χ3n) is 8.77. The summed E-state index contributed by atoms with van der Waals surface area (Å²) in [6.45, 7) is 0. The van der Waals surface area contributed by atoms with E-state index in [0.29, 0.717) is 6.04 Å². The fourth-order valence-corrected chi connectivity index (χ4v) is 7.79. The van der Waals surface area contributed by atoms with E-state index in [2.05, 4.69) is 22.3 Å². The van der Waals surface area contributed by atoms with Crippen LogP contribution in [0.3, 0.4) is 0 Å². The highest BCUT2D eigenvalue weighted by Crippen LogP contribution is 2.64. The minimum absolute atomic E-state index is 0.597. The summed E-state index contributed by atoms with van der Waals surface area (Å²) in [6.07, 6.45) is 13.1. The summed E-state index contributed by atoms with van der Waals surface area (Å²) < 4.78 is 0. The molecule has 2 saturated heterocycles. The smallest absolute Gasteiger partial charge is 0.0576 e. The van der Waals surface area contributed by atoms with E-state index in [9.17, 15) is 0 Å². The fraction of sp³-hybridized carbons (Fsp3) is 0.739. The van der Waals surface area contributed by atoms with Crippen LogP contribution in [0, 0.1) is 23.7 Å². The Kier molecular flexibility index (Phi) is 3.58. The zero-order valence-electron chi connectivity index (χ0n) is 15.8. The molecule has 1 unspecified atom stereocenters. The van der Waals surface area contributed by atoms with Crippen LogP contribution in [0.2, 0.25) is 0 Å². The van der Waals surface area contributed by atoms with E-state index >= 15 is 0 Å². The zero-order chi connectivity index (χ0) is 17.3. The van der Waals surface area contributed by atoms with E-state index in [4.69, 9.17) is 5.73 Å². The second-order valence-electron chi connectivity index (χ2n) is 10.0. The normalized spacial score (nSPS) is 46.6. The molecule has 0 spiro atoms. The van der Waals surface area contributed by atoms with Crippen LogP contribution in [0.4, 0.5) is 11.4 Å². The van der Waals surface area contributed by atoms with Crippen molar-refractivity contribution in [1.29, 1.82) is 0 Å². The monoisotopic (exact) mass is 351 g/mol. The van der Waals surface area contributed by atoms with Gasteiger partial charge in [0.25, 0.3) is 0 Å². The summed E-state index contributed by atoms with van der Waals surface area (Å²) in [5.41, 5.74) is 8.21. The zero-order valence-corrected chi connectivity index (χ0v) is 15.8. The van der Waals surface area contributed by atoms with Gasteiger partial charge >= 0.3 is 0 Å². The summed E-state index contributed by atoms with van der Waals surface area (Å²) in [5, 5.41) is 3.79. The number of nitrogen functional groups attached to an aromatic ring is 1. The van der Waals surface area contributed by atoms with Crippen LogP contribution in [0.1, 0.15) is 57.8 Å². The summed E-state index contributed by atoms with van der Waals surface area (Å²) >= 11 is 0. The Morgan fingerprint density at radius 1 is 0.808 bits per heavy atom. The first-order valence-corrected chi connectivity index (χ1v) is 11.1. The maximum atomic E-state index is 6.18. The summed E-state index contributed by atoms with van der Waals surface area (Å²) in [4.78, 5) is 3.04. The van der Waals surface area contributed by atoms with Gasteiger partial charge in [0, 0.05) is 24.2 Å². The van der Waals surface area contributed by atoms with Gasteiger partial charge in [0.15, 0.2) is 0 Å². The van der Waals surface area contributed by atoms with Crippen molar-refractivity contribution in [1.82, 2.24) is 4.90 Å². The first-order chi connectivity index (χ1) is 12.8. The number of para-hydroxylation sites is 2. The second-order valence-corrected chi connectivity index (χ2v) is 10.0. The Hall–Kier alpha value is -1.22. The van der Waals surface area contributed by atoms with Crippen LogP contribution in [0.25, 0.3) is 0 Å². The number of piperidine rings is 2. The molecule has 0 aromatic heterocycles. The predicted octanol–water partition coefficient (Wildman–Crippen LogP) is 4.50. The molecule has 2 bridgehead atoms. The minimum atomic E-state index is 0.597. The van der Waals surface area contributed by atoms with Crippen molar-refractivity contribution in [3.63, 3.8) is 0 Å². The van der Waals surface area contributed by atoms with Crippen LogP contribution in [-0.2, 0) is 0 Å². The maximum Gasteiger partial charge on any atom is 0.0576 e. The quantitative estimate of drug-likeness (QED) is 0.788. The van der Waals surface area contributed by atoms with Gasteiger partial charge in [-0.2, -0.15) is 0 Å². The van der Waals surface area contributed by atoms with Crippen molar-refractivity contribution in [3.8, 4) is 0 Å². The third kappa shape index (κ3) is 2.35. The Balaban J connectivity index is 1.17. The molecule has 3 saturated carbocycles. The van der Waals surface area contributed by atoms with Gasteiger partial charge in [0.05, 0.1) is 11.4 Å². The van der Waals surface area contributed by atoms with E-state index in [-0.39, 0.29) is 0 Å². The number of nitrogens with zero attached hydrogens (tertiary/aromatic N) is 1. The number of anilines is 2. The van der Waals surface area contributed by atoms with Gasteiger partial charge in [0.2, 0.25) is 0 Å². The van der Waals surface area contributed by atoms with E-state index < -0.39 is 0 Å². The Bertz CT molecular complexity index is 658. The molecule has 5 aliphatic rings. The van der Waals surface area contributed by atoms with Crippen molar-refractivity contribution in [2.75, 3.05) is 11.1 Å². The van der Waals surface area contributed by atoms with Crippen LogP contribution < -0.4 is 11.1 Å². The fourth-order valence-electron chi connectivity index (χ4n) is 7.79. The average molecular weight is 352 g/mol. The molecule has 1 aromatic rings. The van der Waals surface area contributed by atoms with Crippen LogP contribution in [-0.4, -0.2) is 29.1 Å². The highest BCUT2D eigenvalue weighted by atomic mass is 15.2. The molecule has 3 N–H and O–H groups in total. The maximum absolute atomic E-state index is 6.18. The van der Waals surface area contributed by atoms with Crippen molar-refractivity contribution < 1.29 is 0 Å². The van der Waals surface area contributed by atoms with Crippen molar-refractivity contribution in [2.24, 2.45) is 23.7 Å². The predicted molar refractivity (Wildman–Crippen MR) is 107 cm³/mol. The van der Waals surface area contributed by atoms with Crippen molar-refractivity contribution in [3.05, 3.63) is 24.3 Å². The lowest BCUT2D eigenvalue weighted by atomic mass is 9.43. The molecular formula is C23H33N3. The lowest BCUT2D eigenvalue weighted by Crippen LogP contribution is -2.64. The molecule has 3 nitrogen and oxygen atoms in total. The highest BCUT2D eigenvalue weighted by molar-refractivity contribution is 5.66. The molecule has 2 heterocycles. The molecule has 1 aromatic carbocycles.